The van der Waals surface area contributed by atoms with Crippen LogP contribution in [0, 0.1) is 0 Å². The predicted octanol–water partition coefficient (Wildman–Crippen LogP) is 4.85. The molecule has 0 aliphatic carbocycles. The van der Waals surface area contributed by atoms with E-state index in [4.69, 9.17) is 9.72 Å². The van der Waals surface area contributed by atoms with Crippen molar-refractivity contribution in [3.8, 4) is 5.75 Å². The highest BCUT2D eigenvalue weighted by atomic mass is 79.9. The maximum Gasteiger partial charge on any atom is 0.229 e. The normalized spacial score (nSPS) is 11.4. The van der Waals surface area contributed by atoms with Crippen molar-refractivity contribution in [1.29, 1.82) is 0 Å². The van der Waals surface area contributed by atoms with Crippen molar-refractivity contribution >= 4 is 51.6 Å². The second-order valence-corrected chi connectivity index (χ2v) is 8.78. The van der Waals surface area contributed by atoms with Gasteiger partial charge in [0, 0.05) is 30.7 Å². The second-order valence-electron chi connectivity index (χ2n) is 7.87. The van der Waals surface area contributed by atoms with Crippen LogP contribution in [0.3, 0.4) is 0 Å². The zero-order valence-corrected chi connectivity index (χ0v) is 21.2. The smallest absolute Gasteiger partial charge is 0.229 e. The number of aldehydes is 2. The number of carbonyl (C=O) groups excluding carboxylic acids is 2. The van der Waals surface area contributed by atoms with Crippen molar-refractivity contribution in [3.05, 3.63) is 64.3 Å². The van der Waals surface area contributed by atoms with E-state index < -0.39 is 0 Å². The van der Waals surface area contributed by atoms with Gasteiger partial charge < -0.3 is 24.6 Å². The van der Waals surface area contributed by atoms with E-state index in [2.05, 4.69) is 26.2 Å². The molecular weight excluding hydrogens is 498 g/mol. The molecule has 0 fully saturated rings. The summed E-state index contributed by atoms with van der Waals surface area (Å²) < 4.78 is 6.40. The summed E-state index contributed by atoms with van der Waals surface area (Å²) in [6.45, 7) is 2.47. The highest BCUT2D eigenvalue weighted by Gasteiger charge is 2.23. The molecule has 1 N–H and O–H groups in total. The molecule has 0 aliphatic heterocycles. The van der Waals surface area contributed by atoms with Gasteiger partial charge in [0.25, 0.3) is 0 Å². The van der Waals surface area contributed by atoms with Gasteiger partial charge in [-0.15, -0.1) is 0 Å². The molecule has 8 nitrogen and oxygen atoms in total. The van der Waals surface area contributed by atoms with Crippen LogP contribution in [0.15, 0.2) is 53.1 Å². The molecule has 1 heterocycles. The molecule has 0 bridgehead atoms. The second kappa shape index (κ2) is 11.6. The zero-order valence-electron chi connectivity index (χ0n) is 19.7. The Balaban J connectivity index is 2.05. The summed E-state index contributed by atoms with van der Waals surface area (Å²) in [5.74, 6) is 1.48. The van der Waals surface area contributed by atoms with Crippen LogP contribution in [-0.2, 0) is 11.3 Å². The van der Waals surface area contributed by atoms with Gasteiger partial charge in [-0.25, -0.2) is 4.98 Å². The van der Waals surface area contributed by atoms with Gasteiger partial charge in [0.1, 0.15) is 18.3 Å². The molecule has 3 rings (SSSR count). The van der Waals surface area contributed by atoms with Gasteiger partial charge in [0.2, 0.25) is 5.95 Å². The van der Waals surface area contributed by atoms with Crippen molar-refractivity contribution < 1.29 is 14.3 Å². The van der Waals surface area contributed by atoms with Crippen molar-refractivity contribution in [2.45, 2.75) is 25.9 Å². The van der Waals surface area contributed by atoms with Crippen LogP contribution in [0.1, 0.15) is 29.3 Å². The van der Waals surface area contributed by atoms with Gasteiger partial charge in [-0.1, -0.05) is 35.0 Å². The van der Waals surface area contributed by atoms with Crippen LogP contribution in [0.2, 0.25) is 0 Å². The fourth-order valence-electron chi connectivity index (χ4n) is 3.48. The van der Waals surface area contributed by atoms with E-state index in [9.17, 15) is 9.59 Å². The lowest BCUT2D eigenvalue weighted by Gasteiger charge is -2.32. The van der Waals surface area contributed by atoms with Crippen LogP contribution in [-0.4, -0.2) is 49.8 Å². The number of hydrogen-bond donors (Lipinski definition) is 1. The Kier molecular flexibility index (Phi) is 8.59. The molecule has 1 atom stereocenters. The average molecular weight is 526 g/mol. The molecule has 3 aromatic rings. The van der Waals surface area contributed by atoms with E-state index in [-0.39, 0.29) is 6.04 Å². The number of methoxy groups -OCH3 is 1. The van der Waals surface area contributed by atoms with Gasteiger partial charge in [-0.05, 0) is 42.3 Å². The lowest BCUT2D eigenvalue weighted by Crippen LogP contribution is -2.37. The summed E-state index contributed by atoms with van der Waals surface area (Å²) >= 11 is 3.47. The monoisotopic (exact) mass is 525 g/mol. The Morgan fingerprint density at radius 2 is 1.88 bits per heavy atom. The van der Waals surface area contributed by atoms with Crippen LogP contribution in [0.5, 0.6) is 5.75 Å². The standard InChI is InChI=1S/C25H28BrN5O3/c1-5-20(16-33)31(14-17-6-9-19(26)10-7-17)24-22(30(2)3)13-27-25(29-24)28-21-11-8-18(15-32)12-23(21)34-4/h6-13,15-16,20H,5,14H2,1-4H3,(H,27,28,29). The zero-order chi connectivity index (χ0) is 24.7. The number of rotatable bonds is 11. The highest BCUT2D eigenvalue weighted by Crippen LogP contribution is 2.32. The van der Waals surface area contributed by atoms with Crippen LogP contribution in [0.25, 0.3) is 0 Å². The van der Waals surface area contributed by atoms with Crippen molar-refractivity contribution in [3.63, 3.8) is 0 Å². The van der Waals surface area contributed by atoms with E-state index in [1.165, 1.54) is 7.11 Å². The quantitative estimate of drug-likeness (QED) is 0.355. The molecule has 0 radical (unpaired) electrons. The lowest BCUT2D eigenvalue weighted by molar-refractivity contribution is -0.109. The first-order valence-corrected chi connectivity index (χ1v) is 11.6. The fraction of sp³-hybridized carbons (Fsp3) is 0.280. The minimum atomic E-state index is -0.369. The summed E-state index contributed by atoms with van der Waals surface area (Å²) in [5, 5.41) is 3.18. The molecule has 34 heavy (non-hydrogen) atoms. The minimum absolute atomic E-state index is 0.347. The number of aromatic nitrogens is 2. The van der Waals surface area contributed by atoms with E-state index >= 15 is 0 Å². The molecular formula is C25H28BrN5O3. The first kappa shape index (κ1) is 25.2. The molecule has 1 unspecified atom stereocenters. The minimum Gasteiger partial charge on any atom is -0.495 e. The maximum absolute atomic E-state index is 12.0. The number of nitrogens with one attached hydrogen (secondary N) is 1. The molecule has 178 valence electrons. The third-order valence-electron chi connectivity index (χ3n) is 5.35. The molecule has 0 saturated heterocycles. The molecule has 0 amide bonds. The Hall–Kier alpha value is -3.46. The largest absolute Gasteiger partial charge is 0.495 e. The number of hydrogen-bond acceptors (Lipinski definition) is 8. The summed E-state index contributed by atoms with van der Waals surface area (Å²) in [6, 6.07) is 12.7. The van der Waals surface area contributed by atoms with Crippen molar-refractivity contribution in [2.75, 3.05) is 36.3 Å². The SMILES string of the molecule is CCC(C=O)N(Cc1ccc(Br)cc1)c1nc(Nc2ccc(C=O)cc2OC)ncc1N(C)C. The van der Waals surface area contributed by atoms with Crippen LogP contribution in [0.4, 0.5) is 23.1 Å². The highest BCUT2D eigenvalue weighted by molar-refractivity contribution is 9.10. The summed E-state index contributed by atoms with van der Waals surface area (Å²) in [6.07, 6.45) is 4.06. The fourth-order valence-corrected chi connectivity index (χ4v) is 3.75. The van der Waals surface area contributed by atoms with Gasteiger partial charge >= 0.3 is 0 Å². The average Bonchev–Trinajstić information content (AvgIpc) is 2.85. The van der Waals surface area contributed by atoms with E-state index in [1.807, 2.05) is 55.1 Å². The van der Waals surface area contributed by atoms with Gasteiger partial charge in [0.05, 0.1) is 30.7 Å². The third kappa shape index (κ3) is 5.91. The lowest BCUT2D eigenvalue weighted by atomic mass is 10.1. The molecule has 0 spiro atoms. The predicted molar refractivity (Wildman–Crippen MR) is 138 cm³/mol. The van der Waals surface area contributed by atoms with E-state index in [1.54, 1.807) is 24.4 Å². The third-order valence-corrected chi connectivity index (χ3v) is 5.88. The topological polar surface area (TPSA) is 87.7 Å². The van der Waals surface area contributed by atoms with Gasteiger partial charge in [-0.3, -0.25) is 4.79 Å². The van der Waals surface area contributed by atoms with Crippen LogP contribution < -0.4 is 19.9 Å². The Bertz CT molecular complexity index is 1140. The number of nitrogens with zero attached hydrogens (tertiary/aromatic N) is 4. The Morgan fingerprint density at radius 1 is 1.15 bits per heavy atom. The number of benzene rings is 2. The number of carbonyl (C=O) groups is 2. The molecule has 0 saturated carbocycles. The summed E-state index contributed by atoms with van der Waals surface area (Å²) in [5.41, 5.74) is 2.96. The number of ether oxygens (including phenoxy) is 1. The van der Waals surface area contributed by atoms with E-state index in [0.717, 1.165) is 28.3 Å². The summed E-state index contributed by atoms with van der Waals surface area (Å²) in [4.78, 5) is 36.3. The Labute approximate surface area is 208 Å². The van der Waals surface area contributed by atoms with Crippen LogP contribution >= 0.6 is 15.9 Å². The molecule has 0 aliphatic rings. The number of halogens is 1. The van der Waals surface area contributed by atoms with E-state index in [0.29, 0.717) is 41.7 Å². The Morgan fingerprint density at radius 3 is 2.47 bits per heavy atom. The maximum atomic E-state index is 12.0. The number of anilines is 4. The first-order valence-electron chi connectivity index (χ1n) is 10.8. The van der Waals surface area contributed by atoms with Gasteiger partial charge in [-0.2, -0.15) is 4.98 Å². The molecule has 9 heteroatoms. The summed E-state index contributed by atoms with van der Waals surface area (Å²) in [7, 11) is 5.36. The van der Waals surface area contributed by atoms with Crippen molar-refractivity contribution in [2.24, 2.45) is 0 Å². The van der Waals surface area contributed by atoms with Crippen molar-refractivity contribution in [1.82, 2.24) is 9.97 Å². The first-order chi connectivity index (χ1) is 16.4. The molecule has 1 aromatic heterocycles. The van der Waals surface area contributed by atoms with Gasteiger partial charge in [0.15, 0.2) is 5.82 Å². The molecule has 2 aromatic carbocycles.